The number of amides is 4. The molecule has 0 saturated heterocycles. The Balaban J connectivity index is 3.19. The van der Waals surface area contributed by atoms with Crippen molar-refractivity contribution >= 4 is 17.7 Å². The van der Waals surface area contributed by atoms with E-state index in [-0.39, 0.29) is 17.0 Å². The molecule has 0 radical (unpaired) electrons. The third-order valence-electron chi connectivity index (χ3n) is 2.31. The largest absolute Gasteiger partial charge is 0.490 e. The van der Waals surface area contributed by atoms with Crippen molar-refractivity contribution in [3.05, 3.63) is 33.9 Å². The highest BCUT2D eigenvalue weighted by Crippen LogP contribution is 2.29. The molecule has 10 nitrogen and oxygen atoms in total. The van der Waals surface area contributed by atoms with Crippen LogP contribution < -0.4 is 26.8 Å². The molecule has 20 heavy (non-hydrogen) atoms. The first-order valence-corrected chi connectivity index (χ1v) is 5.29. The van der Waals surface area contributed by atoms with E-state index in [1.165, 1.54) is 19.2 Å². The van der Waals surface area contributed by atoms with E-state index in [1.54, 1.807) is 0 Å². The van der Waals surface area contributed by atoms with Crippen molar-refractivity contribution in [1.29, 1.82) is 0 Å². The van der Waals surface area contributed by atoms with E-state index in [9.17, 15) is 19.7 Å². The molecule has 6 N–H and O–H groups in total. The van der Waals surface area contributed by atoms with Crippen LogP contribution in [0.4, 0.5) is 15.3 Å². The van der Waals surface area contributed by atoms with Gasteiger partial charge in [0.1, 0.15) is 6.17 Å². The van der Waals surface area contributed by atoms with Crippen molar-refractivity contribution in [2.45, 2.75) is 6.17 Å². The van der Waals surface area contributed by atoms with Crippen LogP contribution in [0.15, 0.2) is 18.2 Å². The Morgan fingerprint density at radius 2 is 1.85 bits per heavy atom. The van der Waals surface area contributed by atoms with E-state index >= 15 is 0 Å². The molecule has 0 fully saturated rings. The van der Waals surface area contributed by atoms with Crippen molar-refractivity contribution in [3.63, 3.8) is 0 Å². The van der Waals surface area contributed by atoms with Crippen LogP contribution in [-0.2, 0) is 0 Å². The molecule has 0 bridgehead atoms. The average molecular weight is 283 g/mol. The van der Waals surface area contributed by atoms with Crippen molar-refractivity contribution in [1.82, 2.24) is 10.6 Å². The number of ether oxygens (including phenoxy) is 1. The van der Waals surface area contributed by atoms with Gasteiger partial charge in [-0.3, -0.25) is 10.1 Å². The molecule has 0 aliphatic carbocycles. The van der Waals surface area contributed by atoms with Crippen molar-refractivity contribution in [3.8, 4) is 5.75 Å². The number of methoxy groups -OCH3 is 1. The van der Waals surface area contributed by atoms with Crippen LogP contribution in [0.25, 0.3) is 0 Å². The van der Waals surface area contributed by atoms with Crippen LogP contribution in [0.2, 0.25) is 0 Å². The normalized spacial score (nSPS) is 9.90. The van der Waals surface area contributed by atoms with Gasteiger partial charge in [0.25, 0.3) is 0 Å². The van der Waals surface area contributed by atoms with Gasteiger partial charge in [-0.1, -0.05) is 6.07 Å². The van der Waals surface area contributed by atoms with Crippen LogP contribution in [-0.4, -0.2) is 24.1 Å². The summed E-state index contributed by atoms with van der Waals surface area (Å²) in [5.74, 6) is 0.0376. The molecule has 108 valence electrons. The molecule has 1 aromatic rings. The molecule has 1 aromatic carbocycles. The lowest BCUT2D eigenvalue weighted by molar-refractivity contribution is -0.385. The Labute approximate surface area is 113 Å². The lowest BCUT2D eigenvalue weighted by atomic mass is 10.1. The van der Waals surface area contributed by atoms with Gasteiger partial charge in [0, 0.05) is 11.6 Å². The van der Waals surface area contributed by atoms with Crippen LogP contribution in [0.5, 0.6) is 5.75 Å². The monoisotopic (exact) mass is 283 g/mol. The summed E-state index contributed by atoms with van der Waals surface area (Å²) in [6.45, 7) is 0. The molecule has 0 aromatic heterocycles. The first-order valence-electron chi connectivity index (χ1n) is 5.29. The molecule has 1 rings (SSSR count). The van der Waals surface area contributed by atoms with Gasteiger partial charge in [-0.15, -0.1) is 0 Å². The Kier molecular flexibility index (Phi) is 4.67. The predicted octanol–water partition coefficient (Wildman–Crippen LogP) is -0.0614. The highest BCUT2D eigenvalue weighted by molar-refractivity contribution is 5.75. The molecular weight excluding hydrogens is 270 g/mol. The topological polar surface area (TPSA) is 163 Å². The lowest BCUT2D eigenvalue weighted by Crippen LogP contribution is -2.45. The second-order valence-electron chi connectivity index (χ2n) is 3.64. The van der Waals surface area contributed by atoms with Gasteiger partial charge in [-0.2, -0.15) is 0 Å². The van der Waals surface area contributed by atoms with E-state index in [1.807, 2.05) is 0 Å². The summed E-state index contributed by atoms with van der Waals surface area (Å²) >= 11 is 0. The number of rotatable bonds is 5. The molecule has 0 heterocycles. The maximum absolute atomic E-state index is 10.9. The van der Waals surface area contributed by atoms with Gasteiger partial charge in [0.15, 0.2) is 5.75 Å². The number of nitrogens with zero attached hydrogens (tertiary/aromatic N) is 1. The fourth-order valence-corrected chi connectivity index (χ4v) is 1.52. The zero-order chi connectivity index (χ0) is 15.3. The zero-order valence-electron chi connectivity index (χ0n) is 10.5. The van der Waals surface area contributed by atoms with Gasteiger partial charge in [-0.05, 0) is 6.07 Å². The number of primary amides is 2. The molecule has 10 heteroatoms. The minimum atomic E-state index is -1.09. The summed E-state index contributed by atoms with van der Waals surface area (Å²) in [4.78, 5) is 32.0. The Morgan fingerprint density at radius 3 is 2.25 bits per heavy atom. The molecule has 0 atom stereocenters. The number of urea groups is 2. The van der Waals surface area contributed by atoms with Gasteiger partial charge in [0.05, 0.1) is 12.0 Å². The molecule has 4 amide bonds. The summed E-state index contributed by atoms with van der Waals surface area (Å²) in [5, 5.41) is 15.3. The van der Waals surface area contributed by atoms with Gasteiger partial charge in [0.2, 0.25) is 0 Å². The minimum Gasteiger partial charge on any atom is -0.490 e. The number of nitrogens with two attached hydrogens (primary N) is 2. The fraction of sp³-hybridized carbons (Fsp3) is 0.200. The van der Waals surface area contributed by atoms with E-state index in [0.29, 0.717) is 0 Å². The highest BCUT2D eigenvalue weighted by atomic mass is 16.6. The van der Waals surface area contributed by atoms with E-state index in [0.717, 1.165) is 6.07 Å². The number of carbonyl (C=O) groups is 2. The Morgan fingerprint density at radius 1 is 1.30 bits per heavy atom. The molecular formula is C10H13N5O5. The Bertz CT molecular complexity index is 531. The van der Waals surface area contributed by atoms with Crippen LogP contribution >= 0.6 is 0 Å². The molecule has 0 aliphatic rings. The summed E-state index contributed by atoms with van der Waals surface area (Å²) in [5.41, 5.74) is 9.81. The lowest BCUT2D eigenvalue weighted by Gasteiger charge is -2.18. The maximum atomic E-state index is 10.9. The van der Waals surface area contributed by atoms with Crippen LogP contribution in [0.1, 0.15) is 11.7 Å². The number of nitro groups is 1. The average Bonchev–Trinajstić information content (AvgIpc) is 2.36. The van der Waals surface area contributed by atoms with Crippen molar-refractivity contribution < 1.29 is 19.2 Å². The number of carbonyl (C=O) groups excluding carboxylic acids is 2. The van der Waals surface area contributed by atoms with E-state index in [4.69, 9.17) is 16.2 Å². The first-order chi connectivity index (χ1) is 9.35. The maximum Gasteiger partial charge on any atom is 0.314 e. The molecule has 0 saturated carbocycles. The van der Waals surface area contributed by atoms with E-state index in [2.05, 4.69) is 10.6 Å². The van der Waals surface area contributed by atoms with Crippen molar-refractivity contribution in [2.75, 3.05) is 7.11 Å². The third-order valence-corrected chi connectivity index (χ3v) is 2.31. The summed E-state index contributed by atoms with van der Waals surface area (Å²) in [6, 6.07) is 2.02. The fourth-order valence-electron chi connectivity index (χ4n) is 1.52. The van der Waals surface area contributed by atoms with Gasteiger partial charge < -0.3 is 26.8 Å². The number of nitrogens with one attached hydrogen (secondary N) is 2. The number of hydrogen-bond donors (Lipinski definition) is 4. The number of nitro benzene ring substituents is 1. The SMILES string of the molecule is COc1ccc(C(NC(N)=O)NC(N)=O)cc1[N+](=O)[O-]. The molecule has 0 unspecified atom stereocenters. The third kappa shape index (κ3) is 3.73. The number of hydrogen-bond acceptors (Lipinski definition) is 5. The zero-order valence-corrected chi connectivity index (χ0v) is 10.5. The molecule has 0 spiro atoms. The first kappa shape index (κ1) is 15.0. The predicted molar refractivity (Wildman–Crippen MR) is 67.8 cm³/mol. The second kappa shape index (κ2) is 6.22. The minimum absolute atomic E-state index is 0.0376. The van der Waals surface area contributed by atoms with Crippen LogP contribution in [0, 0.1) is 10.1 Å². The highest BCUT2D eigenvalue weighted by Gasteiger charge is 2.21. The quantitative estimate of drug-likeness (QED) is 0.337. The summed E-state index contributed by atoms with van der Waals surface area (Å²) in [6.07, 6.45) is -1.09. The second-order valence-corrected chi connectivity index (χ2v) is 3.64. The smallest absolute Gasteiger partial charge is 0.314 e. The number of benzene rings is 1. The Hall–Kier alpha value is -3.04. The summed E-state index contributed by atoms with van der Waals surface area (Å²) < 4.78 is 4.84. The standard InChI is InChI=1S/C10H13N5O5/c1-20-7-3-2-5(4-6(7)15(18)19)8(13-9(11)16)14-10(12)17/h2-4,8H,1H3,(H3,11,13,16)(H3,12,14,17). The van der Waals surface area contributed by atoms with Gasteiger partial charge in [-0.25, -0.2) is 9.59 Å². The summed E-state index contributed by atoms with van der Waals surface area (Å²) in [7, 11) is 1.28. The van der Waals surface area contributed by atoms with Gasteiger partial charge >= 0.3 is 17.7 Å². The molecule has 0 aliphatic heterocycles. The van der Waals surface area contributed by atoms with Crippen molar-refractivity contribution in [2.24, 2.45) is 11.5 Å². The van der Waals surface area contributed by atoms with E-state index < -0.39 is 23.2 Å². The van der Waals surface area contributed by atoms with Crippen LogP contribution in [0.3, 0.4) is 0 Å².